The second kappa shape index (κ2) is 16.5. The van der Waals surface area contributed by atoms with Crippen LogP contribution in [0.1, 0.15) is 71.3 Å². The molecule has 12 heteroatoms. The summed E-state index contributed by atoms with van der Waals surface area (Å²) in [5.74, 6) is 1.74. The van der Waals surface area contributed by atoms with E-state index >= 15 is 0 Å². The number of carbonyl (C=O) groups excluding carboxylic acids is 2. The van der Waals surface area contributed by atoms with Gasteiger partial charge < -0.3 is 35.1 Å². The molecule has 2 aromatic rings. The molecule has 0 bridgehead atoms. The SMILES string of the molecule is CC(C)(C)OC[C@@H](NC(=O)CC[C@@H](C1CCCCC1)N1Cc2cc(Oc3ccccc3)ncc2N=C1N)C(=O)N1CCOCC1.S. The summed E-state index contributed by atoms with van der Waals surface area (Å²) in [7, 11) is 0. The first kappa shape index (κ1) is 35.5. The quantitative estimate of drug-likeness (QED) is 0.359. The van der Waals surface area contributed by atoms with E-state index in [0.717, 1.165) is 36.9 Å². The van der Waals surface area contributed by atoms with Gasteiger partial charge in [0.05, 0.1) is 37.3 Å². The zero-order valence-electron chi connectivity index (χ0n) is 27.4. The van der Waals surface area contributed by atoms with Gasteiger partial charge in [-0.15, -0.1) is 0 Å². The number of guanidine groups is 1. The highest BCUT2D eigenvalue weighted by Crippen LogP contribution is 2.36. The summed E-state index contributed by atoms with van der Waals surface area (Å²) in [6.45, 7) is 8.49. The molecule has 252 valence electrons. The Balaban J connectivity index is 0.00000480. The minimum absolute atomic E-state index is 0. The number of pyridine rings is 1. The Morgan fingerprint density at radius 2 is 1.83 bits per heavy atom. The fraction of sp³-hybridized carbons (Fsp3) is 0.588. The molecule has 2 fully saturated rings. The van der Waals surface area contributed by atoms with Crippen molar-refractivity contribution in [3.05, 3.63) is 48.2 Å². The van der Waals surface area contributed by atoms with Crippen molar-refractivity contribution in [2.24, 2.45) is 16.6 Å². The van der Waals surface area contributed by atoms with Crippen molar-refractivity contribution in [1.82, 2.24) is 20.1 Å². The third-order valence-corrected chi connectivity index (χ3v) is 8.68. The smallest absolute Gasteiger partial charge is 0.247 e. The van der Waals surface area contributed by atoms with Gasteiger partial charge in [0, 0.05) is 43.7 Å². The lowest BCUT2D eigenvalue weighted by atomic mass is 9.81. The molecule has 2 amide bonds. The number of nitrogens with zero attached hydrogens (tertiary/aromatic N) is 4. The van der Waals surface area contributed by atoms with Crippen molar-refractivity contribution in [2.75, 3.05) is 32.9 Å². The lowest BCUT2D eigenvalue weighted by Crippen LogP contribution is -2.54. The molecule has 3 N–H and O–H groups in total. The largest absolute Gasteiger partial charge is 0.439 e. The van der Waals surface area contributed by atoms with Crippen molar-refractivity contribution >= 4 is 37.0 Å². The van der Waals surface area contributed by atoms with Crippen LogP contribution in [0, 0.1) is 5.92 Å². The van der Waals surface area contributed by atoms with Gasteiger partial charge in [0.2, 0.25) is 17.7 Å². The molecule has 0 radical (unpaired) electrons. The number of carbonyl (C=O) groups is 2. The minimum Gasteiger partial charge on any atom is -0.439 e. The van der Waals surface area contributed by atoms with Crippen LogP contribution >= 0.6 is 13.5 Å². The molecule has 0 spiro atoms. The van der Waals surface area contributed by atoms with Gasteiger partial charge in [-0.25, -0.2) is 9.98 Å². The van der Waals surface area contributed by atoms with Gasteiger partial charge in [0.25, 0.3) is 0 Å². The maximum Gasteiger partial charge on any atom is 0.247 e. The van der Waals surface area contributed by atoms with Gasteiger partial charge in [-0.1, -0.05) is 37.5 Å². The number of morpholine rings is 1. The van der Waals surface area contributed by atoms with E-state index in [9.17, 15) is 9.59 Å². The Bertz CT molecular complexity index is 1330. The zero-order valence-corrected chi connectivity index (χ0v) is 28.4. The molecule has 1 aliphatic carbocycles. The predicted octanol–water partition coefficient (Wildman–Crippen LogP) is 4.64. The van der Waals surface area contributed by atoms with Crippen molar-refractivity contribution < 1.29 is 23.8 Å². The van der Waals surface area contributed by atoms with Crippen LogP contribution in [0.2, 0.25) is 0 Å². The number of fused-ring (bicyclic) bond motifs is 1. The molecule has 2 atom stereocenters. The number of aromatic nitrogens is 1. The van der Waals surface area contributed by atoms with E-state index in [-0.39, 0.29) is 44.4 Å². The third kappa shape index (κ3) is 9.83. The van der Waals surface area contributed by atoms with Crippen LogP contribution in [0.15, 0.2) is 47.6 Å². The highest BCUT2D eigenvalue weighted by molar-refractivity contribution is 7.59. The van der Waals surface area contributed by atoms with Crippen LogP contribution in [0.4, 0.5) is 5.69 Å². The summed E-state index contributed by atoms with van der Waals surface area (Å²) >= 11 is 0. The number of ether oxygens (including phenoxy) is 3. The minimum atomic E-state index is -0.757. The molecule has 5 rings (SSSR count). The normalized spacial score (nSPS) is 18.5. The summed E-state index contributed by atoms with van der Waals surface area (Å²) < 4.78 is 17.4. The van der Waals surface area contributed by atoms with Crippen LogP contribution in [0.5, 0.6) is 11.6 Å². The van der Waals surface area contributed by atoms with Crippen LogP contribution in [0.3, 0.4) is 0 Å². The van der Waals surface area contributed by atoms with E-state index in [1.807, 2.05) is 57.2 Å². The lowest BCUT2D eigenvalue weighted by Gasteiger charge is -2.41. The predicted molar refractivity (Wildman–Crippen MR) is 183 cm³/mol. The number of para-hydroxylation sites is 1. The first-order valence-corrected chi connectivity index (χ1v) is 16.3. The van der Waals surface area contributed by atoms with Gasteiger partial charge in [0.1, 0.15) is 11.8 Å². The van der Waals surface area contributed by atoms with E-state index in [4.69, 9.17) is 24.9 Å². The average molecular weight is 655 g/mol. The van der Waals surface area contributed by atoms with Crippen LogP contribution < -0.4 is 15.8 Å². The van der Waals surface area contributed by atoms with Crippen LogP contribution in [0.25, 0.3) is 0 Å². The molecule has 3 aliphatic rings. The number of nitrogens with one attached hydrogen (secondary N) is 1. The molecule has 0 unspecified atom stereocenters. The third-order valence-electron chi connectivity index (χ3n) is 8.68. The molecule has 2 aliphatic heterocycles. The first-order chi connectivity index (χ1) is 21.7. The molecule has 1 aromatic heterocycles. The average Bonchev–Trinajstić information content (AvgIpc) is 3.04. The number of hydrogen-bond acceptors (Lipinski definition) is 9. The second-order valence-corrected chi connectivity index (χ2v) is 13.1. The van der Waals surface area contributed by atoms with Gasteiger partial charge in [-0.3, -0.25) is 9.59 Å². The van der Waals surface area contributed by atoms with E-state index in [1.165, 1.54) is 6.42 Å². The molecular weight excluding hydrogens is 604 g/mol. The number of rotatable bonds is 11. The van der Waals surface area contributed by atoms with E-state index in [1.54, 1.807) is 11.1 Å². The lowest BCUT2D eigenvalue weighted by molar-refractivity contribution is -0.143. The summed E-state index contributed by atoms with van der Waals surface area (Å²) in [6, 6.07) is 10.8. The molecule has 1 saturated heterocycles. The van der Waals surface area contributed by atoms with Crippen molar-refractivity contribution in [1.29, 1.82) is 0 Å². The molecule has 3 heterocycles. The highest BCUT2D eigenvalue weighted by Gasteiger charge is 2.34. The highest BCUT2D eigenvalue weighted by atomic mass is 32.1. The zero-order chi connectivity index (χ0) is 31.8. The van der Waals surface area contributed by atoms with Gasteiger partial charge >= 0.3 is 0 Å². The molecule has 1 saturated carbocycles. The van der Waals surface area contributed by atoms with Gasteiger partial charge in [-0.05, 0) is 58.1 Å². The summed E-state index contributed by atoms with van der Waals surface area (Å²) in [4.78, 5) is 39.9. The number of nitrogens with two attached hydrogens (primary N) is 1. The maximum atomic E-state index is 13.5. The number of benzene rings is 1. The number of hydrogen-bond donors (Lipinski definition) is 2. The molecule has 46 heavy (non-hydrogen) atoms. The summed E-state index contributed by atoms with van der Waals surface area (Å²) in [5.41, 5.74) is 7.86. The Morgan fingerprint density at radius 3 is 2.52 bits per heavy atom. The topological polar surface area (TPSA) is 132 Å². The van der Waals surface area contributed by atoms with Crippen LogP contribution in [-0.4, -0.2) is 83.2 Å². The summed E-state index contributed by atoms with van der Waals surface area (Å²) in [6.07, 6.45) is 8.27. The van der Waals surface area contributed by atoms with Crippen molar-refractivity contribution in [2.45, 2.75) is 89.9 Å². The van der Waals surface area contributed by atoms with Gasteiger partial charge in [0.15, 0.2) is 5.96 Å². The van der Waals surface area contributed by atoms with Crippen molar-refractivity contribution in [3.63, 3.8) is 0 Å². The van der Waals surface area contributed by atoms with Crippen molar-refractivity contribution in [3.8, 4) is 11.6 Å². The Hall–Kier alpha value is -3.35. The van der Waals surface area contributed by atoms with E-state index in [2.05, 4.69) is 15.2 Å². The fourth-order valence-electron chi connectivity index (χ4n) is 6.32. The molecular formula is C34H50N6O5S. The second-order valence-electron chi connectivity index (χ2n) is 13.1. The van der Waals surface area contributed by atoms with E-state index < -0.39 is 11.6 Å². The van der Waals surface area contributed by atoms with Crippen LogP contribution in [-0.2, 0) is 25.6 Å². The fourth-order valence-corrected chi connectivity index (χ4v) is 6.32. The molecule has 1 aromatic carbocycles. The Labute approximate surface area is 279 Å². The molecule has 11 nitrogen and oxygen atoms in total. The maximum absolute atomic E-state index is 13.5. The van der Waals surface area contributed by atoms with Gasteiger partial charge in [-0.2, -0.15) is 13.5 Å². The number of amides is 2. The Morgan fingerprint density at radius 1 is 1.11 bits per heavy atom. The van der Waals surface area contributed by atoms with E-state index in [0.29, 0.717) is 62.8 Å². The summed E-state index contributed by atoms with van der Waals surface area (Å²) in [5, 5.41) is 3.00. The first-order valence-electron chi connectivity index (χ1n) is 16.3. The Kier molecular flexibility index (Phi) is 12.7. The monoisotopic (exact) mass is 654 g/mol. The standard InChI is InChI=1S/C34H48N6O5.H2S/c1-34(2,3)44-23-28(32(42)39-16-18-43-19-17-39)37-30(41)15-14-29(24-10-6-4-7-11-24)40-22-25-20-31(36-21-27(25)38-33(40)35)45-26-12-8-5-9-13-26;/h5,8-9,12-13,20-21,24,28-29H,4,6-7,10-11,14-19,22-23H2,1-3H3,(H2,35,38)(H,37,41);1H2/t28-,29+;/m1./s1. The number of aliphatic imine (C=N–C) groups is 1.